The number of ether oxygens (including phenoxy) is 2. The zero-order chi connectivity index (χ0) is 30.6. The fourth-order valence-electron chi connectivity index (χ4n) is 3.98. The van der Waals surface area contributed by atoms with Crippen molar-refractivity contribution in [3.05, 3.63) is 77.0 Å². The van der Waals surface area contributed by atoms with Gasteiger partial charge in [0.2, 0.25) is 5.60 Å². The molecule has 0 aliphatic rings. The number of aliphatic hydroxyl groups is 1. The summed E-state index contributed by atoms with van der Waals surface area (Å²) in [4.78, 5) is 17.2. The van der Waals surface area contributed by atoms with E-state index < -0.39 is 41.6 Å². The Hall–Kier alpha value is -4.16. The zero-order valence-electron chi connectivity index (χ0n) is 23.1. The van der Waals surface area contributed by atoms with E-state index in [0.29, 0.717) is 11.1 Å². The number of oxime groups is 1. The second kappa shape index (κ2) is 12.1. The first-order chi connectivity index (χ1) is 19.1. The molecular formula is C29H33F3N4O5. The number of carbonyl (C=O) groups is 1. The van der Waals surface area contributed by atoms with Gasteiger partial charge in [-0.15, -0.1) is 0 Å². The molecule has 1 unspecified atom stereocenters. The first-order valence-electron chi connectivity index (χ1n) is 12.6. The molecule has 0 spiro atoms. The molecule has 0 aliphatic carbocycles. The molecule has 220 valence electrons. The number of rotatable bonds is 11. The van der Waals surface area contributed by atoms with Crippen molar-refractivity contribution in [1.29, 1.82) is 0 Å². The Morgan fingerprint density at radius 3 is 2.27 bits per heavy atom. The number of hydrogen-bond donors (Lipinski definition) is 4. The van der Waals surface area contributed by atoms with Gasteiger partial charge in [-0.25, -0.2) is 4.98 Å². The van der Waals surface area contributed by atoms with Crippen LogP contribution >= 0.6 is 0 Å². The highest BCUT2D eigenvalue weighted by Gasteiger charge is 2.56. The van der Waals surface area contributed by atoms with Crippen LogP contribution in [0.25, 0.3) is 11.3 Å². The van der Waals surface area contributed by atoms with Gasteiger partial charge in [-0.05, 0) is 63.1 Å². The minimum Gasteiger partial charge on any atom is -0.493 e. The average Bonchev–Trinajstić information content (AvgIpc) is 2.93. The van der Waals surface area contributed by atoms with Crippen molar-refractivity contribution < 1.29 is 37.8 Å². The third-order valence-corrected chi connectivity index (χ3v) is 6.51. The summed E-state index contributed by atoms with van der Waals surface area (Å²) in [6.45, 7) is 4.87. The van der Waals surface area contributed by atoms with Gasteiger partial charge in [0.15, 0.2) is 23.1 Å². The van der Waals surface area contributed by atoms with E-state index in [1.54, 1.807) is 44.2 Å². The van der Waals surface area contributed by atoms with Gasteiger partial charge in [0.1, 0.15) is 6.61 Å². The highest BCUT2D eigenvalue weighted by Crippen LogP contribution is 2.43. The Morgan fingerprint density at radius 1 is 1.05 bits per heavy atom. The molecular weight excluding hydrogens is 541 g/mol. The van der Waals surface area contributed by atoms with Crippen molar-refractivity contribution >= 4 is 11.6 Å². The summed E-state index contributed by atoms with van der Waals surface area (Å²) < 4.78 is 54.1. The third kappa shape index (κ3) is 7.33. The molecule has 0 saturated heterocycles. The quantitative estimate of drug-likeness (QED) is 0.0838. The second-order valence-corrected chi connectivity index (χ2v) is 10.2. The lowest BCUT2D eigenvalue weighted by molar-refractivity contribution is -0.270. The lowest BCUT2D eigenvalue weighted by Crippen LogP contribution is -2.44. The number of pyridine rings is 1. The lowest BCUT2D eigenvalue weighted by atomic mass is 9.86. The highest BCUT2D eigenvalue weighted by atomic mass is 19.4. The molecule has 0 aliphatic heterocycles. The van der Waals surface area contributed by atoms with Crippen LogP contribution in [0.3, 0.4) is 0 Å². The molecule has 0 radical (unpaired) electrons. The molecule has 1 heterocycles. The second-order valence-electron chi connectivity index (χ2n) is 10.2. The van der Waals surface area contributed by atoms with Crippen LogP contribution in [0.1, 0.15) is 53.9 Å². The number of aromatic nitrogens is 1. The van der Waals surface area contributed by atoms with Gasteiger partial charge in [-0.3, -0.25) is 4.79 Å². The van der Waals surface area contributed by atoms with Gasteiger partial charge in [-0.1, -0.05) is 35.0 Å². The minimum atomic E-state index is -5.16. The molecule has 0 saturated carbocycles. The van der Waals surface area contributed by atoms with E-state index in [1.807, 2.05) is 6.92 Å². The molecule has 1 aromatic heterocycles. The van der Waals surface area contributed by atoms with Crippen LogP contribution in [0.15, 0.2) is 59.8 Å². The monoisotopic (exact) mass is 574 g/mol. The molecule has 12 heteroatoms. The van der Waals surface area contributed by atoms with Crippen molar-refractivity contribution in [1.82, 2.24) is 4.98 Å². The molecule has 0 bridgehead atoms. The van der Waals surface area contributed by atoms with E-state index in [0.717, 1.165) is 11.6 Å². The number of benzene rings is 2. The number of alkyl halides is 3. The fourth-order valence-corrected chi connectivity index (χ4v) is 3.98. The standard InChI is InChI=1S/C29H33F3N4O5/c1-17-5-7-18(8-6-17)21-14-20(27(2,3)34)15-25(35-21)28(38,29(30,31)32)12-11-22(37)19-9-10-23(24(13-19)40-4)41-16-26(33)36-39/h5-10,13-15,38-39H,11-12,16,34H2,1-4H3,(H2,33,36). The molecule has 0 amide bonds. The van der Waals surface area contributed by atoms with Crippen LogP contribution in [-0.4, -0.2) is 46.8 Å². The largest absolute Gasteiger partial charge is 0.493 e. The van der Waals surface area contributed by atoms with Crippen LogP contribution in [-0.2, 0) is 11.1 Å². The number of amidine groups is 1. The van der Waals surface area contributed by atoms with E-state index in [9.17, 15) is 23.1 Å². The highest BCUT2D eigenvalue weighted by molar-refractivity contribution is 5.96. The van der Waals surface area contributed by atoms with Crippen LogP contribution < -0.4 is 20.9 Å². The number of methoxy groups -OCH3 is 1. The van der Waals surface area contributed by atoms with Gasteiger partial charge in [0, 0.05) is 23.1 Å². The molecule has 6 N–H and O–H groups in total. The van der Waals surface area contributed by atoms with Crippen molar-refractivity contribution in [2.75, 3.05) is 13.7 Å². The van der Waals surface area contributed by atoms with Crippen molar-refractivity contribution in [2.24, 2.45) is 16.6 Å². The summed E-state index contributed by atoms with van der Waals surface area (Å²) in [6.07, 6.45) is -6.82. The third-order valence-electron chi connectivity index (χ3n) is 6.51. The lowest BCUT2D eigenvalue weighted by Gasteiger charge is -2.32. The van der Waals surface area contributed by atoms with E-state index in [-0.39, 0.29) is 35.2 Å². The summed E-state index contributed by atoms with van der Waals surface area (Å²) >= 11 is 0. The summed E-state index contributed by atoms with van der Waals surface area (Å²) in [6, 6.07) is 13.8. The Kier molecular flexibility index (Phi) is 9.30. The van der Waals surface area contributed by atoms with Crippen LogP contribution in [0, 0.1) is 6.92 Å². The van der Waals surface area contributed by atoms with Crippen LogP contribution in [0.5, 0.6) is 11.5 Å². The molecule has 3 rings (SSSR count). The van der Waals surface area contributed by atoms with Gasteiger partial charge in [0.05, 0.1) is 18.5 Å². The van der Waals surface area contributed by atoms with Crippen LogP contribution in [0.4, 0.5) is 13.2 Å². The summed E-state index contributed by atoms with van der Waals surface area (Å²) in [5, 5.41) is 22.6. The number of hydrogen-bond acceptors (Lipinski definition) is 8. The molecule has 1 atom stereocenters. The smallest absolute Gasteiger partial charge is 0.422 e. The van der Waals surface area contributed by atoms with Gasteiger partial charge in [0.25, 0.3) is 0 Å². The number of nitrogens with two attached hydrogens (primary N) is 2. The topological polar surface area (TPSA) is 153 Å². The van der Waals surface area contributed by atoms with E-state index in [1.165, 1.54) is 25.3 Å². The number of ketones is 1. The summed E-state index contributed by atoms with van der Waals surface area (Å²) in [5.74, 6) is -0.616. The van der Waals surface area contributed by atoms with E-state index >= 15 is 0 Å². The average molecular weight is 575 g/mol. The fraction of sp³-hybridized carbons (Fsp3) is 0.345. The van der Waals surface area contributed by atoms with Crippen molar-refractivity contribution in [3.8, 4) is 22.8 Å². The molecule has 9 nitrogen and oxygen atoms in total. The first-order valence-corrected chi connectivity index (χ1v) is 12.6. The number of carbonyl (C=O) groups excluding carboxylic acids is 1. The Morgan fingerprint density at radius 2 is 1.71 bits per heavy atom. The maximum absolute atomic E-state index is 14.5. The van der Waals surface area contributed by atoms with Gasteiger partial charge < -0.3 is 31.3 Å². The first kappa shape index (κ1) is 31.4. The van der Waals surface area contributed by atoms with Gasteiger partial charge >= 0.3 is 6.18 Å². The Balaban J connectivity index is 1.97. The molecule has 3 aromatic rings. The number of aryl methyl sites for hydroxylation is 1. The predicted molar refractivity (Wildman–Crippen MR) is 147 cm³/mol. The molecule has 0 fully saturated rings. The Labute approximate surface area is 235 Å². The number of Topliss-reactive ketones (excluding diaryl/α,β-unsaturated/α-hetero) is 1. The zero-order valence-corrected chi connectivity index (χ0v) is 23.1. The molecule has 2 aromatic carbocycles. The van der Waals surface area contributed by atoms with Crippen molar-refractivity contribution in [3.63, 3.8) is 0 Å². The number of halogens is 3. The minimum absolute atomic E-state index is 0.0349. The molecule has 41 heavy (non-hydrogen) atoms. The van der Waals surface area contributed by atoms with Crippen LogP contribution in [0.2, 0.25) is 0 Å². The number of nitrogens with zero attached hydrogens (tertiary/aromatic N) is 2. The summed E-state index contributed by atoms with van der Waals surface area (Å²) in [7, 11) is 1.31. The summed E-state index contributed by atoms with van der Waals surface area (Å²) in [5.41, 5.74) is 8.55. The normalized spacial score (nSPS) is 13.9. The van der Waals surface area contributed by atoms with E-state index in [4.69, 9.17) is 26.1 Å². The van der Waals surface area contributed by atoms with E-state index in [2.05, 4.69) is 10.1 Å². The SMILES string of the molecule is COc1cc(C(=O)CCC(O)(c2cc(C(C)(C)N)cc(-c3ccc(C)cc3)n2)C(F)(F)F)ccc1OC/C(N)=N/O. The maximum atomic E-state index is 14.5. The van der Waals surface area contributed by atoms with Gasteiger partial charge in [-0.2, -0.15) is 13.2 Å². The Bertz CT molecular complexity index is 1420. The van der Waals surface area contributed by atoms with Crippen molar-refractivity contribution in [2.45, 2.75) is 50.9 Å². The predicted octanol–water partition coefficient (Wildman–Crippen LogP) is 4.80. The maximum Gasteiger partial charge on any atom is 0.422 e.